The van der Waals surface area contributed by atoms with Crippen LogP contribution < -0.4 is 5.32 Å². The maximum atomic E-state index is 9.04. The number of benzene rings is 2. The quantitative estimate of drug-likeness (QED) is 0.688. The molecule has 1 aliphatic rings. The Kier molecular flexibility index (Phi) is 4.55. The van der Waals surface area contributed by atoms with Crippen molar-refractivity contribution in [2.45, 2.75) is 38.3 Å². The summed E-state index contributed by atoms with van der Waals surface area (Å²) < 4.78 is 5.79. The summed E-state index contributed by atoms with van der Waals surface area (Å²) in [6.45, 7) is 2.76. The number of hydrogen-bond acceptors (Lipinski definition) is 4. The first-order valence-corrected chi connectivity index (χ1v) is 9.01. The molecular formula is C22H21N3O. The van der Waals surface area contributed by atoms with E-state index in [1.807, 2.05) is 30.5 Å². The molecule has 130 valence electrons. The van der Waals surface area contributed by atoms with Gasteiger partial charge in [-0.05, 0) is 48.6 Å². The monoisotopic (exact) mass is 343 g/mol. The third kappa shape index (κ3) is 3.68. The molecule has 0 bridgehead atoms. The van der Waals surface area contributed by atoms with E-state index in [0.29, 0.717) is 18.0 Å². The van der Waals surface area contributed by atoms with Gasteiger partial charge in [0, 0.05) is 12.0 Å². The molecule has 26 heavy (non-hydrogen) atoms. The summed E-state index contributed by atoms with van der Waals surface area (Å²) in [4.78, 5) is 4.36. The van der Waals surface area contributed by atoms with Crippen molar-refractivity contribution in [3.63, 3.8) is 0 Å². The van der Waals surface area contributed by atoms with Gasteiger partial charge in [0.1, 0.15) is 5.76 Å². The smallest absolute Gasteiger partial charge is 0.208 e. The van der Waals surface area contributed by atoms with Gasteiger partial charge in [0.05, 0.1) is 24.4 Å². The number of hydrogen-bond donors (Lipinski definition) is 1. The van der Waals surface area contributed by atoms with Gasteiger partial charge in [-0.3, -0.25) is 0 Å². The van der Waals surface area contributed by atoms with E-state index in [1.54, 1.807) is 0 Å². The first kappa shape index (κ1) is 16.6. The van der Waals surface area contributed by atoms with Gasteiger partial charge in [-0.2, -0.15) is 5.26 Å². The highest BCUT2D eigenvalue weighted by molar-refractivity contribution is 5.65. The van der Waals surface area contributed by atoms with E-state index in [-0.39, 0.29) is 6.04 Å². The van der Waals surface area contributed by atoms with Gasteiger partial charge < -0.3 is 9.73 Å². The van der Waals surface area contributed by atoms with E-state index < -0.39 is 0 Å². The molecule has 0 spiro atoms. The molecule has 0 amide bonds. The highest BCUT2D eigenvalue weighted by Gasteiger charge is 2.27. The summed E-state index contributed by atoms with van der Waals surface area (Å²) in [5.74, 6) is 2.38. The molecule has 0 unspecified atom stereocenters. The molecular weight excluding hydrogens is 322 g/mol. The van der Waals surface area contributed by atoms with Crippen molar-refractivity contribution in [1.82, 2.24) is 10.3 Å². The molecule has 0 aliphatic heterocycles. The molecule has 0 saturated heterocycles. The Morgan fingerprint density at radius 3 is 2.73 bits per heavy atom. The van der Waals surface area contributed by atoms with Crippen molar-refractivity contribution < 1.29 is 4.42 Å². The van der Waals surface area contributed by atoms with Crippen molar-refractivity contribution in [1.29, 1.82) is 5.26 Å². The first-order chi connectivity index (χ1) is 12.7. The number of nitriles is 1. The normalized spacial score (nSPS) is 14.8. The van der Waals surface area contributed by atoms with Crippen LogP contribution in [0.15, 0.2) is 59.1 Å². The molecule has 4 nitrogen and oxygen atoms in total. The largest absolute Gasteiger partial charge is 0.444 e. The van der Waals surface area contributed by atoms with Gasteiger partial charge >= 0.3 is 0 Å². The van der Waals surface area contributed by atoms with E-state index in [0.717, 1.165) is 22.8 Å². The van der Waals surface area contributed by atoms with E-state index in [9.17, 15) is 0 Å². The standard InChI is InChI=1S/C22H21N3O/c1-15(24-14-22-25-13-21(26-22)19-9-10-19)17-5-7-18(8-6-17)20-4-2-3-16(11-20)12-23/h2-8,11,13,15,19,24H,9-10,14H2,1H3/t15-/m0/s1. The Hall–Kier alpha value is -2.90. The second-order valence-corrected chi connectivity index (χ2v) is 6.85. The van der Waals surface area contributed by atoms with Gasteiger partial charge in [-0.25, -0.2) is 4.98 Å². The Labute approximate surface area is 153 Å². The van der Waals surface area contributed by atoms with Gasteiger partial charge in [-0.1, -0.05) is 36.4 Å². The maximum Gasteiger partial charge on any atom is 0.208 e. The van der Waals surface area contributed by atoms with E-state index in [2.05, 4.69) is 47.6 Å². The third-order valence-corrected chi connectivity index (χ3v) is 4.85. The van der Waals surface area contributed by atoms with Crippen LogP contribution >= 0.6 is 0 Å². The van der Waals surface area contributed by atoms with Crippen LogP contribution in [0.25, 0.3) is 11.1 Å². The lowest BCUT2D eigenvalue weighted by Gasteiger charge is -2.13. The van der Waals surface area contributed by atoms with E-state index in [4.69, 9.17) is 9.68 Å². The lowest BCUT2D eigenvalue weighted by Crippen LogP contribution is -2.18. The molecule has 1 atom stereocenters. The van der Waals surface area contributed by atoms with Crippen LogP contribution in [-0.4, -0.2) is 4.98 Å². The fraction of sp³-hybridized carbons (Fsp3) is 0.273. The number of oxazole rings is 1. The molecule has 3 aromatic rings. The van der Waals surface area contributed by atoms with Gasteiger partial charge in [0.15, 0.2) is 0 Å². The minimum atomic E-state index is 0.200. The van der Waals surface area contributed by atoms with Crippen molar-refractivity contribution in [3.05, 3.63) is 77.5 Å². The SMILES string of the molecule is C[C@H](NCc1ncc(C2CC2)o1)c1ccc(-c2cccc(C#N)c2)cc1. The Morgan fingerprint density at radius 1 is 1.19 bits per heavy atom. The fourth-order valence-corrected chi connectivity index (χ4v) is 3.05. The maximum absolute atomic E-state index is 9.04. The molecule has 4 heteroatoms. The topological polar surface area (TPSA) is 61.9 Å². The van der Waals surface area contributed by atoms with E-state index in [1.165, 1.54) is 18.4 Å². The zero-order valence-corrected chi connectivity index (χ0v) is 14.8. The first-order valence-electron chi connectivity index (χ1n) is 9.01. The van der Waals surface area contributed by atoms with Crippen LogP contribution in [0.1, 0.15) is 54.5 Å². The molecule has 0 radical (unpaired) electrons. The molecule has 1 aromatic heterocycles. The van der Waals surface area contributed by atoms with Gasteiger partial charge in [0.25, 0.3) is 0 Å². The number of nitrogens with zero attached hydrogens (tertiary/aromatic N) is 2. The lowest BCUT2D eigenvalue weighted by molar-refractivity contribution is 0.422. The predicted molar refractivity (Wildman–Crippen MR) is 100 cm³/mol. The van der Waals surface area contributed by atoms with Crippen molar-refractivity contribution in [2.24, 2.45) is 0 Å². The van der Waals surface area contributed by atoms with Crippen molar-refractivity contribution in [3.8, 4) is 17.2 Å². The van der Waals surface area contributed by atoms with E-state index >= 15 is 0 Å². The Balaban J connectivity index is 1.39. The number of nitrogens with one attached hydrogen (secondary N) is 1. The Bertz CT molecular complexity index is 933. The molecule has 1 saturated carbocycles. The summed E-state index contributed by atoms with van der Waals surface area (Å²) in [5, 5.41) is 12.5. The summed E-state index contributed by atoms with van der Waals surface area (Å²) in [5.41, 5.74) is 4.06. The van der Waals surface area contributed by atoms with Crippen molar-refractivity contribution in [2.75, 3.05) is 0 Å². The van der Waals surface area contributed by atoms with Crippen molar-refractivity contribution >= 4 is 0 Å². The van der Waals surface area contributed by atoms with Crippen LogP contribution in [-0.2, 0) is 6.54 Å². The number of rotatable bonds is 6. The molecule has 1 fully saturated rings. The Morgan fingerprint density at radius 2 is 2.00 bits per heavy atom. The average Bonchev–Trinajstić information content (AvgIpc) is 3.44. The summed E-state index contributed by atoms with van der Waals surface area (Å²) in [7, 11) is 0. The average molecular weight is 343 g/mol. The van der Waals surface area contributed by atoms with Crippen LogP contribution in [0.3, 0.4) is 0 Å². The minimum Gasteiger partial charge on any atom is -0.444 e. The van der Waals surface area contributed by atoms with Crippen LogP contribution in [0.2, 0.25) is 0 Å². The zero-order valence-electron chi connectivity index (χ0n) is 14.8. The predicted octanol–water partition coefficient (Wildman–Crippen LogP) is 4.94. The van der Waals surface area contributed by atoms with Crippen LogP contribution in [0.5, 0.6) is 0 Å². The summed E-state index contributed by atoms with van der Waals surface area (Å²) >= 11 is 0. The van der Waals surface area contributed by atoms with Crippen LogP contribution in [0.4, 0.5) is 0 Å². The molecule has 1 aliphatic carbocycles. The third-order valence-electron chi connectivity index (χ3n) is 4.85. The molecule has 1 heterocycles. The highest BCUT2D eigenvalue weighted by atomic mass is 16.4. The lowest BCUT2D eigenvalue weighted by atomic mass is 10.00. The zero-order chi connectivity index (χ0) is 17.9. The molecule has 2 aromatic carbocycles. The second-order valence-electron chi connectivity index (χ2n) is 6.85. The van der Waals surface area contributed by atoms with Gasteiger partial charge in [-0.15, -0.1) is 0 Å². The van der Waals surface area contributed by atoms with Crippen LogP contribution in [0, 0.1) is 11.3 Å². The molecule has 4 rings (SSSR count). The van der Waals surface area contributed by atoms with Gasteiger partial charge in [0.2, 0.25) is 5.89 Å². The minimum absolute atomic E-state index is 0.200. The second kappa shape index (κ2) is 7.15. The summed E-state index contributed by atoms with van der Waals surface area (Å²) in [6.07, 6.45) is 4.31. The number of aromatic nitrogens is 1. The molecule has 1 N–H and O–H groups in total. The summed E-state index contributed by atoms with van der Waals surface area (Å²) in [6, 6.07) is 18.5. The fourth-order valence-electron chi connectivity index (χ4n) is 3.05. The highest BCUT2D eigenvalue weighted by Crippen LogP contribution is 2.40.